The van der Waals surface area contributed by atoms with Gasteiger partial charge in [-0.05, 0) is 232 Å². The van der Waals surface area contributed by atoms with Gasteiger partial charge in [0.15, 0.2) is 0 Å². The van der Waals surface area contributed by atoms with Crippen molar-refractivity contribution in [1.29, 1.82) is 0 Å². The van der Waals surface area contributed by atoms with Gasteiger partial charge >= 0.3 is 23.9 Å². The summed E-state index contributed by atoms with van der Waals surface area (Å²) in [5.41, 5.74) is 25.1. The van der Waals surface area contributed by atoms with Gasteiger partial charge in [-0.1, -0.05) is 175 Å². The Bertz CT molecular complexity index is 4620. The number of ether oxygens (including phenoxy) is 3. The Morgan fingerprint density at radius 1 is 0.364 bits per heavy atom. The quantitative estimate of drug-likeness (QED) is 0.0105. The molecule has 10 rings (SSSR count). The number of carbonyl (C=O) groups excluding carboxylic acids is 7. The van der Waals surface area contributed by atoms with Gasteiger partial charge in [0, 0.05) is 80.3 Å². The fourth-order valence-electron chi connectivity index (χ4n) is 10.6. The Kier molecular flexibility index (Phi) is 51.3. The summed E-state index contributed by atoms with van der Waals surface area (Å²) in [4.78, 5) is 98.5. The molecule has 8 aromatic rings. The van der Waals surface area contributed by atoms with Crippen LogP contribution >= 0.6 is 12.4 Å². The molecule has 12 N–H and O–H groups in total. The lowest BCUT2D eigenvalue weighted by molar-refractivity contribution is -0.144. The molecule has 2 saturated heterocycles. The molecule has 0 unspecified atom stereocenters. The minimum atomic E-state index is -1.04. The number of methoxy groups -OCH3 is 3. The monoisotopic (exact) mass is 1670 g/mol. The zero-order chi connectivity index (χ0) is 83.9. The van der Waals surface area contributed by atoms with E-state index in [0.29, 0.717) is 16.7 Å². The Hall–Kier alpha value is -12.2. The van der Waals surface area contributed by atoms with Crippen LogP contribution in [0.1, 0.15) is 207 Å². The van der Waals surface area contributed by atoms with Crippen LogP contribution in [0.5, 0.6) is 0 Å². The molecule has 0 radical (unpaired) electrons. The van der Waals surface area contributed by atoms with Crippen LogP contribution in [0.3, 0.4) is 0 Å². The van der Waals surface area contributed by atoms with E-state index in [-0.39, 0.29) is 104 Å². The first kappa shape index (κ1) is 109. The number of aromatic carboxylic acids is 1. The molecule has 121 heavy (non-hydrogen) atoms. The molecule has 0 bridgehead atoms. The Balaban J connectivity index is 0.00000152. The molecule has 2 aliphatic rings. The van der Waals surface area contributed by atoms with E-state index in [2.05, 4.69) is 102 Å². The second kappa shape index (κ2) is 57.0. The fourth-order valence-corrected chi connectivity index (χ4v) is 10.6. The topological polar surface area (TPSA) is 352 Å². The molecule has 0 saturated carbocycles. The average Bonchev–Trinajstić information content (AvgIpc) is 0.873. The number of hydrogen-bond acceptors (Lipinski definition) is 18. The first-order chi connectivity index (χ1) is 55.1. The third kappa shape index (κ3) is 37.3. The maximum Gasteiger partial charge on any atom is 0.335 e. The Morgan fingerprint density at radius 2 is 0.595 bits per heavy atom. The number of likely N-dealkylation sites (tertiary alicyclic amines) is 2. The highest BCUT2D eigenvalue weighted by Gasteiger charge is 2.28. The molecular formula is C97H123ClN8O15. The van der Waals surface area contributed by atoms with Crippen LogP contribution in [0.2, 0.25) is 0 Å². The van der Waals surface area contributed by atoms with Crippen LogP contribution < -0.4 is 32.9 Å². The van der Waals surface area contributed by atoms with E-state index in [0.717, 1.165) is 68.7 Å². The highest BCUT2D eigenvalue weighted by Crippen LogP contribution is 2.18. The number of halogens is 1. The van der Waals surface area contributed by atoms with Crippen molar-refractivity contribution in [3.8, 4) is 47.4 Å². The van der Waals surface area contributed by atoms with E-state index in [4.69, 9.17) is 41.5 Å². The van der Waals surface area contributed by atoms with Crippen LogP contribution in [-0.2, 0) is 59.7 Å². The summed E-state index contributed by atoms with van der Waals surface area (Å²) in [6, 6.07) is 54.7. The summed E-state index contributed by atoms with van der Waals surface area (Å²) >= 11 is 0. The van der Waals surface area contributed by atoms with E-state index < -0.39 is 59.9 Å². The van der Waals surface area contributed by atoms with Crippen LogP contribution in [-0.4, -0.2) is 156 Å². The molecule has 648 valence electrons. The zero-order valence-electron chi connectivity index (χ0n) is 66.9. The standard InChI is InChI=1S/C25H28N2O3.C23H26N4O3.C22H23NO4.C16H12O3.C6H13NO2.5CH4.ClH/c1-18(2)23(25(29)30-3)26-24(28)22-13-11-20(12-14-22)6-5-19-7-9-21(10-8-19)17-27-15-4-16-27;1-16(24)21(23(29)26-30)25-22(28)20-11-9-18(10-12-20)4-3-17-5-7-19(8-6-17)15-27-13-2-14-27;1-15(2)20(22(26)27-3)23-21(25)19-12-10-17(11-13-19)5-4-16-6-8-18(14-24)9-7-16;17-11-14-5-3-12(4-6-14)1-2-13-7-9-15(10-8-13)16(18)19;1-4(2)5(7)6(8)9-3;;;;;;/h7-14,18,23H,4,15-17H2,1-3H3,(H,26,28);5-12,16,21,30H,2,13-15,24H2,1H3,(H,25,28)(H,26,29);6-13,15,20,24H,14H2,1-3H3,(H,23,25);3-10,17H,11H2,(H,18,19);4-5H,7H2,1-3H3;5*1H4;1H/t23-;16-,21+;20-;;5-;;;;;;/m010.0....../s1. The number of nitrogens with one attached hydrogen (secondary N) is 4. The molecular weight excluding hydrogens is 1550 g/mol. The molecule has 0 aromatic heterocycles. The van der Waals surface area contributed by atoms with Crippen molar-refractivity contribution in [2.24, 2.45) is 29.2 Å². The van der Waals surface area contributed by atoms with Crippen molar-refractivity contribution in [3.05, 3.63) is 283 Å². The minimum absolute atomic E-state index is 0. The molecule has 24 heteroatoms. The molecule has 0 aliphatic carbocycles. The van der Waals surface area contributed by atoms with Gasteiger partial charge in [-0.3, -0.25) is 39.0 Å². The number of benzene rings is 8. The summed E-state index contributed by atoms with van der Waals surface area (Å²) in [7, 11) is 3.95. The number of rotatable bonds is 21. The summed E-state index contributed by atoms with van der Waals surface area (Å²) in [6.45, 7) is 19.5. The summed E-state index contributed by atoms with van der Waals surface area (Å²) in [6.07, 6.45) is 2.59. The lowest BCUT2D eigenvalue weighted by Crippen LogP contribution is -2.54. The lowest BCUT2D eigenvalue weighted by Gasteiger charge is -2.30. The van der Waals surface area contributed by atoms with Crippen molar-refractivity contribution in [3.63, 3.8) is 0 Å². The predicted octanol–water partition coefficient (Wildman–Crippen LogP) is 13.0. The fraction of sp³-hybridized carbons (Fsp3) is 0.340. The van der Waals surface area contributed by atoms with Gasteiger partial charge < -0.3 is 56.9 Å². The smallest absolute Gasteiger partial charge is 0.335 e. The number of nitrogens with two attached hydrogens (primary N) is 2. The van der Waals surface area contributed by atoms with Crippen LogP contribution in [0.4, 0.5) is 0 Å². The Morgan fingerprint density at radius 3 is 0.777 bits per heavy atom. The molecule has 2 fully saturated rings. The second-order valence-electron chi connectivity index (χ2n) is 28.0. The van der Waals surface area contributed by atoms with E-state index in [1.807, 2.05) is 126 Å². The van der Waals surface area contributed by atoms with Gasteiger partial charge in [-0.15, -0.1) is 12.4 Å². The number of esters is 3. The number of carbonyl (C=O) groups is 8. The molecule has 4 amide bonds. The van der Waals surface area contributed by atoms with Gasteiger partial charge in [0.1, 0.15) is 24.2 Å². The Labute approximate surface area is 722 Å². The number of hydrogen-bond donors (Lipinski definition) is 10. The normalized spacial score (nSPS) is 12.3. The van der Waals surface area contributed by atoms with Crippen molar-refractivity contribution >= 4 is 59.9 Å². The van der Waals surface area contributed by atoms with E-state index in [1.165, 1.54) is 89.1 Å². The van der Waals surface area contributed by atoms with Crippen molar-refractivity contribution in [2.45, 2.75) is 155 Å². The zero-order valence-corrected chi connectivity index (χ0v) is 67.7. The maximum atomic E-state index is 12.4. The molecule has 0 spiro atoms. The van der Waals surface area contributed by atoms with E-state index in [1.54, 1.807) is 79.7 Å². The molecule has 2 heterocycles. The third-order valence-corrected chi connectivity index (χ3v) is 18.1. The van der Waals surface area contributed by atoms with Crippen LogP contribution in [0, 0.1) is 65.1 Å². The van der Waals surface area contributed by atoms with Crippen LogP contribution in [0.15, 0.2) is 194 Å². The summed E-state index contributed by atoms with van der Waals surface area (Å²) in [5.74, 6) is 20.5. The summed E-state index contributed by atoms with van der Waals surface area (Å²) in [5, 5.41) is 43.5. The summed E-state index contributed by atoms with van der Waals surface area (Å²) < 4.78 is 13.9. The number of amides is 4. The first-order valence-corrected chi connectivity index (χ1v) is 37.5. The highest BCUT2D eigenvalue weighted by molar-refractivity contribution is 5.99. The van der Waals surface area contributed by atoms with Crippen molar-refractivity contribution in [2.75, 3.05) is 47.5 Å². The number of nitrogens with zero attached hydrogens (tertiary/aromatic N) is 2. The maximum absolute atomic E-state index is 12.4. The molecule has 5 atom stereocenters. The second-order valence-corrected chi connectivity index (χ2v) is 28.0. The number of hydroxylamine groups is 1. The molecule has 8 aromatic carbocycles. The minimum Gasteiger partial charge on any atom is -0.478 e. The van der Waals surface area contributed by atoms with E-state index in [9.17, 15) is 38.4 Å². The van der Waals surface area contributed by atoms with Gasteiger partial charge in [0.2, 0.25) is 0 Å². The first-order valence-electron chi connectivity index (χ1n) is 37.5. The van der Waals surface area contributed by atoms with Gasteiger partial charge in [0.25, 0.3) is 23.6 Å². The number of carboxylic acid groups (broad SMARTS) is 1. The van der Waals surface area contributed by atoms with Gasteiger partial charge in [0.05, 0.1) is 40.1 Å². The van der Waals surface area contributed by atoms with E-state index >= 15 is 0 Å². The van der Waals surface area contributed by atoms with Crippen molar-refractivity contribution < 1.29 is 73.1 Å². The van der Waals surface area contributed by atoms with Gasteiger partial charge in [-0.25, -0.2) is 19.9 Å². The van der Waals surface area contributed by atoms with Crippen LogP contribution in [0.25, 0.3) is 0 Å². The van der Waals surface area contributed by atoms with Gasteiger partial charge in [-0.2, -0.15) is 0 Å². The SMILES string of the molecule is C.C.C.C.C.COC(=O)[C@@H](N)C(C)C.COC(=O)[C@@H](NC(=O)c1ccc(C#Cc2ccc(CN3CCC3)cc2)cc1)C(C)C.COC(=O)[C@@H](NC(=O)c1ccc(C#Cc2ccc(CO)cc2)cc1)C(C)C.C[C@@H](N)[C@H](NC(=O)c1ccc(C#Cc2ccc(CN3CCC3)cc2)cc1)C(=O)NO.Cl.O=C(O)c1ccc(C#Cc2ccc(CO)cc2)cc1. The van der Waals surface area contributed by atoms with Crippen molar-refractivity contribution in [1.82, 2.24) is 31.2 Å². The number of carboxylic acids is 1. The lowest BCUT2D eigenvalue weighted by atomic mass is 10.0. The molecule has 2 aliphatic heterocycles. The third-order valence-electron chi connectivity index (χ3n) is 18.1. The predicted molar refractivity (Wildman–Crippen MR) is 481 cm³/mol. The average molecular weight is 1680 g/mol. The largest absolute Gasteiger partial charge is 0.478 e. The number of aliphatic hydroxyl groups is 2. The molecule has 23 nitrogen and oxygen atoms in total. The number of aliphatic hydroxyl groups excluding tert-OH is 2. The highest BCUT2D eigenvalue weighted by atomic mass is 35.5.